The summed E-state index contributed by atoms with van der Waals surface area (Å²) in [6.45, 7) is 5.02. The Morgan fingerprint density at radius 2 is 1.96 bits per heavy atom. The van der Waals surface area contributed by atoms with E-state index in [1.807, 2.05) is 18.2 Å². The number of rotatable bonds is 4. The first-order valence-electron chi connectivity index (χ1n) is 8.92. The van der Waals surface area contributed by atoms with Crippen LogP contribution in [0, 0.1) is 11.3 Å². The van der Waals surface area contributed by atoms with Gasteiger partial charge in [-0.2, -0.15) is 0 Å². The van der Waals surface area contributed by atoms with Crippen molar-refractivity contribution in [3.05, 3.63) is 29.3 Å². The Labute approximate surface area is 143 Å². The van der Waals surface area contributed by atoms with Crippen LogP contribution in [0.5, 0.6) is 0 Å². The summed E-state index contributed by atoms with van der Waals surface area (Å²) in [5, 5.41) is 12.7. The first-order valence-corrected chi connectivity index (χ1v) is 8.92. The number of anilines is 1. The molecule has 2 fully saturated rings. The predicted molar refractivity (Wildman–Crippen MR) is 93.2 cm³/mol. The van der Waals surface area contributed by atoms with Crippen molar-refractivity contribution in [1.82, 2.24) is 4.90 Å². The molecular formula is C19H26N2O3. The Balaban J connectivity index is 1.79. The Morgan fingerprint density at radius 1 is 1.29 bits per heavy atom. The van der Waals surface area contributed by atoms with E-state index in [2.05, 4.69) is 19.2 Å². The largest absolute Gasteiger partial charge is 0.481 e. The number of hydrogen-bond donors (Lipinski definition) is 2. The third-order valence-electron chi connectivity index (χ3n) is 5.81. The fourth-order valence-electron chi connectivity index (χ4n) is 4.38. The van der Waals surface area contributed by atoms with Gasteiger partial charge < -0.3 is 15.3 Å². The summed E-state index contributed by atoms with van der Waals surface area (Å²) in [7, 11) is 0. The standard InChI is InChI=1S/C19H26N2O3/c1-3-13-7-5-8-14(4-2)16(13)20-18(24)21-11-15-9-6-10-19(15,12-21)17(22)23/h5,7-8,15H,3-4,6,9-12H2,1-2H3,(H,20,24)(H,22,23)/t15-,19+/m0/s1. The van der Waals surface area contributed by atoms with E-state index in [0.717, 1.165) is 42.5 Å². The maximum absolute atomic E-state index is 12.8. The number of carbonyl (C=O) groups excluding carboxylic acids is 1. The van der Waals surface area contributed by atoms with Crippen molar-refractivity contribution in [2.45, 2.75) is 46.0 Å². The van der Waals surface area contributed by atoms with E-state index in [-0.39, 0.29) is 11.9 Å². The molecule has 1 heterocycles. The average molecular weight is 330 g/mol. The summed E-state index contributed by atoms with van der Waals surface area (Å²) in [6.07, 6.45) is 4.24. The van der Waals surface area contributed by atoms with Crippen LogP contribution in [0.2, 0.25) is 0 Å². The smallest absolute Gasteiger partial charge is 0.321 e. The van der Waals surface area contributed by atoms with Crippen LogP contribution in [0.4, 0.5) is 10.5 Å². The molecule has 0 bridgehead atoms. The number of likely N-dealkylation sites (tertiary alicyclic amines) is 1. The Bertz CT molecular complexity index is 636. The number of amides is 2. The second-order valence-electron chi connectivity index (χ2n) is 7.02. The van der Waals surface area contributed by atoms with Crippen molar-refractivity contribution in [2.24, 2.45) is 11.3 Å². The lowest BCUT2D eigenvalue weighted by molar-refractivity contribution is -0.149. The fourth-order valence-corrected chi connectivity index (χ4v) is 4.38. The van der Waals surface area contributed by atoms with E-state index in [1.54, 1.807) is 4.90 Å². The molecule has 1 aromatic rings. The van der Waals surface area contributed by atoms with Gasteiger partial charge in [-0.25, -0.2) is 4.79 Å². The van der Waals surface area contributed by atoms with Gasteiger partial charge in [0.05, 0.1) is 5.41 Å². The highest BCUT2D eigenvalue weighted by Gasteiger charge is 2.55. The molecule has 24 heavy (non-hydrogen) atoms. The van der Waals surface area contributed by atoms with Gasteiger partial charge >= 0.3 is 12.0 Å². The lowest BCUT2D eigenvalue weighted by atomic mass is 9.81. The summed E-state index contributed by atoms with van der Waals surface area (Å²) >= 11 is 0. The van der Waals surface area contributed by atoms with Crippen molar-refractivity contribution >= 4 is 17.7 Å². The van der Waals surface area contributed by atoms with Gasteiger partial charge in [-0.1, -0.05) is 38.5 Å². The van der Waals surface area contributed by atoms with Crippen LogP contribution in [-0.4, -0.2) is 35.1 Å². The minimum atomic E-state index is -0.747. The zero-order valence-electron chi connectivity index (χ0n) is 14.5. The highest BCUT2D eigenvalue weighted by Crippen LogP contribution is 2.49. The van der Waals surface area contributed by atoms with E-state index in [0.29, 0.717) is 19.5 Å². The number of nitrogens with one attached hydrogen (secondary N) is 1. The summed E-state index contributed by atoms with van der Waals surface area (Å²) in [5.41, 5.74) is 2.41. The second-order valence-corrected chi connectivity index (χ2v) is 7.02. The lowest BCUT2D eigenvalue weighted by Crippen LogP contribution is -2.39. The number of para-hydroxylation sites is 1. The first kappa shape index (κ1) is 16.8. The van der Waals surface area contributed by atoms with Gasteiger partial charge in [-0.05, 0) is 42.7 Å². The number of aliphatic carboxylic acids is 1. The van der Waals surface area contributed by atoms with Gasteiger partial charge in [0.25, 0.3) is 0 Å². The number of hydrogen-bond acceptors (Lipinski definition) is 2. The zero-order valence-corrected chi connectivity index (χ0v) is 14.5. The minimum Gasteiger partial charge on any atom is -0.481 e. The number of aryl methyl sites for hydroxylation is 2. The number of carboxylic acid groups (broad SMARTS) is 1. The zero-order chi connectivity index (χ0) is 17.3. The fraction of sp³-hybridized carbons (Fsp3) is 0.579. The van der Waals surface area contributed by atoms with Crippen LogP contribution >= 0.6 is 0 Å². The molecule has 1 saturated heterocycles. The van der Waals surface area contributed by atoms with E-state index in [1.165, 1.54) is 0 Å². The van der Waals surface area contributed by atoms with Crippen molar-refractivity contribution in [3.63, 3.8) is 0 Å². The van der Waals surface area contributed by atoms with Gasteiger partial charge in [0, 0.05) is 18.8 Å². The molecule has 0 spiro atoms. The van der Waals surface area contributed by atoms with E-state index >= 15 is 0 Å². The molecule has 1 aliphatic carbocycles. The van der Waals surface area contributed by atoms with Gasteiger partial charge in [0.1, 0.15) is 0 Å². The highest BCUT2D eigenvalue weighted by atomic mass is 16.4. The Hall–Kier alpha value is -2.04. The maximum Gasteiger partial charge on any atom is 0.321 e. The molecule has 2 N–H and O–H groups in total. The van der Waals surface area contributed by atoms with Crippen LogP contribution < -0.4 is 5.32 Å². The summed E-state index contributed by atoms with van der Waals surface area (Å²) < 4.78 is 0. The van der Waals surface area contributed by atoms with E-state index in [4.69, 9.17) is 0 Å². The molecule has 5 heteroatoms. The normalized spacial score (nSPS) is 25.6. The number of carboxylic acids is 1. The quantitative estimate of drug-likeness (QED) is 0.887. The summed E-state index contributed by atoms with van der Waals surface area (Å²) in [6, 6.07) is 5.92. The summed E-state index contributed by atoms with van der Waals surface area (Å²) in [5.74, 6) is -0.656. The monoisotopic (exact) mass is 330 g/mol. The average Bonchev–Trinajstić information content (AvgIpc) is 3.13. The molecule has 0 radical (unpaired) electrons. The van der Waals surface area contributed by atoms with Gasteiger partial charge in [0.15, 0.2) is 0 Å². The van der Waals surface area contributed by atoms with E-state index < -0.39 is 11.4 Å². The van der Waals surface area contributed by atoms with Crippen LogP contribution in [0.3, 0.4) is 0 Å². The number of benzene rings is 1. The molecule has 5 nitrogen and oxygen atoms in total. The Morgan fingerprint density at radius 3 is 2.50 bits per heavy atom. The number of nitrogens with zero attached hydrogens (tertiary/aromatic N) is 1. The third kappa shape index (κ3) is 2.66. The highest BCUT2D eigenvalue weighted by molar-refractivity contribution is 5.92. The number of urea groups is 1. The molecule has 1 aliphatic heterocycles. The first-order chi connectivity index (χ1) is 11.5. The summed E-state index contributed by atoms with van der Waals surface area (Å²) in [4.78, 5) is 26.2. The third-order valence-corrected chi connectivity index (χ3v) is 5.81. The Kier molecular flexibility index (Phi) is 4.52. The van der Waals surface area contributed by atoms with Crippen molar-refractivity contribution < 1.29 is 14.7 Å². The van der Waals surface area contributed by atoms with Gasteiger partial charge in [-0.15, -0.1) is 0 Å². The minimum absolute atomic E-state index is 0.0906. The van der Waals surface area contributed by atoms with Crippen LogP contribution in [-0.2, 0) is 17.6 Å². The molecule has 1 aromatic carbocycles. The SMILES string of the molecule is CCc1cccc(CC)c1NC(=O)N1C[C@@H]2CCC[C@@]2(C(=O)O)C1. The van der Waals surface area contributed by atoms with Crippen LogP contribution in [0.15, 0.2) is 18.2 Å². The van der Waals surface area contributed by atoms with Gasteiger partial charge in [0.2, 0.25) is 0 Å². The molecule has 0 unspecified atom stereocenters. The molecule has 2 aliphatic rings. The van der Waals surface area contributed by atoms with Crippen LogP contribution in [0.25, 0.3) is 0 Å². The predicted octanol–water partition coefficient (Wildman–Crippen LogP) is 3.53. The number of fused-ring (bicyclic) bond motifs is 1. The molecule has 2 amide bonds. The topological polar surface area (TPSA) is 69.6 Å². The molecule has 0 aromatic heterocycles. The molecule has 1 saturated carbocycles. The maximum atomic E-state index is 12.8. The van der Waals surface area contributed by atoms with Crippen LogP contribution in [0.1, 0.15) is 44.2 Å². The van der Waals surface area contributed by atoms with E-state index in [9.17, 15) is 14.7 Å². The number of carbonyl (C=O) groups is 2. The van der Waals surface area contributed by atoms with Crippen molar-refractivity contribution in [2.75, 3.05) is 18.4 Å². The van der Waals surface area contributed by atoms with Crippen molar-refractivity contribution in [1.29, 1.82) is 0 Å². The molecule has 2 atom stereocenters. The lowest BCUT2D eigenvalue weighted by Gasteiger charge is -2.24. The van der Waals surface area contributed by atoms with Gasteiger partial charge in [-0.3, -0.25) is 4.79 Å². The second kappa shape index (κ2) is 6.46. The molecule has 130 valence electrons. The molecule has 3 rings (SSSR count). The van der Waals surface area contributed by atoms with Crippen molar-refractivity contribution in [3.8, 4) is 0 Å². The molecular weight excluding hydrogens is 304 g/mol.